The zero-order valence-electron chi connectivity index (χ0n) is 19.4. The zero-order valence-corrected chi connectivity index (χ0v) is 19.4. The summed E-state index contributed by atoms with van der Waals surface area (Å²) in [6, 6.07) is 16.3. The van der Waals surface area contributed by atoms with Crippen molar-refractivity contribution in [1.29, 1.82) is 0 Å². The number of carboxylic acids is 1. The Morgan fingerprint density at radius 1 is 0.943 bits per heavy atom. The Kier molecular flexibility index (Phi) is 6.72. The van der Waals surface area contributed by atoms with E-state index in [4.69, 9.17) is 9.57 Å². The first kappa shape index (κ1) is 23.4. The number of aliphatic carboxylic acids is 1. The van der Waals surface area contributed by atoms with Crippen molar-refractivity contribution in [1.82, 2.24) is 10.8 Å². The Bertz CT molecular complexity index is 1070. The minimum Gasteiger partial charge on any atom is -0.479 e. The molecule has 8 nitrogen and oxygen atoms in total. The van der Waals surface area contributed by atoms with Gasteiger partial charge in [-0.25, -0.2) is 15.1 Å². The summed E-state index contributed by atoms with van der Waals surface area (Å²) in [5.74, 6) is -1.83. The van der Waals surface area contributed by atoms with Gasteiger partial charge in [0.25, 0.3) is 0 Å². The molecule has 0 heterocycles. The van der Waals surface area contributed by atoms with Crippen LogP contribution in [-0.4, -0.2) is 42.3 Å². The van der Waals surface area contributed by atoms with Crippen molar-refractivity contribution in [2.75, 3.05) is 13.2 Å². The molecule has 2 fully saturated rings. The SMILES string of the molecule is O=C(NC[C@H]1CCC[C@H]1C(=O)NOC(C(=O)O)C1CC1)OCC1c2ccccc2-c2ccccc21. The summed E-state index contributed by atoms with van der Waals surface area (Å²) in [7, 11) is 0. The molecule has 1 unspecified atom stereocenters. The Hall–Kier alpha value is -3.39. The summed E-state index contributed by atoms with van der Waals surface area (Å²) in [5, 5.41) is 12.1. The molecule has 2 aromatic carbocycles. The van der Waals surface area contributed by atoms with Gasteiger partial charge in [-0.2, -0.15) is 0 Å². The highest BCUT2D eigenvalue weighted by molar-refractivity contribution is 5.80. The lowest BCUT2D eigenvalue weighted by Crippen LogP contribution is -2.41. The number of carbonyl (C=O) groups excluding carboxylic acids is 2. The van der Waals surface area contributed by atoms with E-state index in [1.54, 1.807) is 0 Å². The van der Waals surface area contributed by atoms with Crippen LogP contribution in [0.1, 0.15) is 49.1 Å². The fraction of sp³-hybridized carbons (Fsp3) is 0.444. The Balaban J connectivity index is 1.11. The molecule has 8 heteroatoms. The number of benzene rings is 2. The van der Waals surface area contributed by atoms with E-state index in [2.05, 4.69) is 35.1 Å². The van der Waals surface area contributed by atoms with E-state index < -0.39 is 18.2 Å². The molecular weight excluding hydrogens is 448 g/mol. The summed E-state index contributed by atoms with van der Waals surface area (Å²) in [4.78, 5) is 41.7. The highest BCUT2D eigenvalue weighted by Crippen LogP contribution is 2.44. The van der Waals surface area contributed by atoms with Gasteiger partial charge in [0.1, 0.15) is 6.61 Å². The third kappa shape index (κ3) is 5.03. The van der Waals surface area contributed by atoms with Crippen LogP contribution in [0.2, 0.25) is 0 Å². The number of amides is 2. The fourth-order valence-electron chi connectivity index (χ4n) is 5.43. The Morgan fingerprint density at radius 2 is 1.60 bits per heavy atom. The molecule has 5 rings (SSSR count). The minimum atomic E-state index is -1.06. The molecule has 3 aliphatic rings. The van der Waals surface area contributed by atoms with Crippen molar-refractivity contribution in [3.05, 3.63) is 59.7 Å². The molecule has 2 saturated carbocycles. The van der Waals surface area contributed by atoms with Crippen LogP contribution >= 0.6 is 0 Å². The lowest BCUT2D eigenvalue weighted by Gasteiger charge is -2.21. The standard InChI is InChI=1S/C27H30N2O6/c30-25(29-35-24(26(31)32)16-12-13-16)18-11-5-6-17(18)14-28-27(33)34-15-23-21-9-3-1-7-19(21)20-8-2-4-10-22(20)23/h1-4,7-10,16-18,23-24H,5-6,11-15H2,(H,28,33)(H,29,30)(H,31,32)/t17-,18-,24?/m1/s1. The number of alkyl carbamates (subject to hydrolysis) is 1. The van der Waals surface area contributed by atoms with Gasteiger partial charge in [-0.15, -0.1) is 0 Å². The third-order valence-electron chi connectivity index (χ3n) is 7.43. The Morgan fingerprint density at radius 3 is 2.23 bits per heavy atom. The van der Waals surface area contributed by atoms with Crippen molar-refractivity contribution in [2.24, 2.45) is 17.8 Å². The number of hydrogen-bond donors (Lipinski definition) is 3. The van der Waals surface area contributed by atoms with Crippen molar-refractivity contribution >= 4 is 18.0 Å². The fourth-order valence-corrected chi connectivity index (χ4v) is 5.43. The number of fused-ring (bicyclic) bond motifs is 3. The number of rotatable bonds is 9. The topological polar surface area (TPSA) is 114 Å². The van der Waals surface area contributed by atoms with Gasteiger partial charge in [0.15, 0.2) is 6.10 Å². The second-order valence-corrected chi connectivity index (χ2v) is 9.68. The highest BCUT2D eigenvalue weighted by Gasteiger charge is 2.39. The molecule has 0 aromatic heterocycles. The average Bonchev–Trinajstić information content (AvgIpc) is 3.49. The van der Waals surface area contributed by atoms with E-state index in [9.17, 15) is 19.5 Å². The maximum absolute atomic E-state index is 12.6. The van der Waals surface area contributed by atoms with E-state index in [0.717, 1.165) is 36.8 Å². The molecule has 35 heavy (non-hydrogen) atoms. The van der Waals surface area contributed by atoms with Gasteiger partial charge in [0.2, 0.25) is 5.91 Å². The van der Waals surface area contributed by atoms with Crippen LogP contribution < -0.4 is 10.8 Å². The van der Waals surface area contributed by atoms with Crippen LogP contribution in [0.3, 0.4) is 0 Å². The molecule has 0 saturated heterocycles. The maximum Gasteiger partial charge on any atom is 0.407 e. The average molecular weight is 479 g/mol. The molecule has 184 valence electrons. The quantitative estimate of drug-likeness (QED) is 0.472. The van der Waals surface area contributed by atoms with Gasteiger partial charge >= 0.3 is 12.1 Å². The van der Waals surface area contributed by atoms with E-state index >= 15 is 0 Å². The predicted octanol–water partition coefficient (Wildman–Crippen LogP) is 3.85. The van der Waals surface area contributed by atoms with Crippen molar-refractivity contribution in [3.63, 3.8) is 0 Å². The van der Waals surface area contributed by atoms with Crippen molar-refractivity contribution < 1.29 is 29.1 Å². The predicted molar refractivity (Wildman–Crippen MR) is 127 cm³/mol. The van der Waals surface area contributed by atoms with Crippen molar-refractivity contribution in [2.45, 2.75) is 44.1 Å². The third-order valence-corrected chi connectivity index (χ3v) is 7.43. The van der Waals surface area contributed by atoms with Crippen LogP contribution in [0.5, 0.6) is 0 Å². The second-order valence-electron chi connectivity index (χ2n) is 9.68. The van der Waals surface area contributed by atoms with Gasteiger partial charge in [0, 0.05) is 18.4 Å². The van der Waals surface area contributed by atoms with Crippen LogP contribution in [0, 0.1) is 17.8 Å². The monoisotopic (exact) mass is 478 g/mol. The van der Waals surface area contributed by atoms with Crippen molar-refractivity contribution in [3.8, 4) is 11.1 Å². The number of hydrogen-bond acceptors (Lipinski definition) is 5. The molecule has 0 bridgehead atoms. The normalized spacial score (nSPS) is 21.6. The summed E-state index contributed by atoms with van der Waals surface area (Å²) in [5.41, 5.74) is 7.01. The van der Waals surface area contributed by atoms with Gasteiger partial charge in [-0.3, -0.25) is 9.63 Å². The first-order valence-electron chi connectivity index (χ1n) is 12.3. The summed E-state index contributed by atoms with van der Waals surface area (Å²) >= 11 is 0. The molecule has 0 spiro atoms. The largest absolute Gasteiger partial charge is 0.479 e. The van der Waals surface area contributed by atoms with Gasteiger partial charge in [-0.05, 0) is 59.8 Å². The number of carboxylic acid groups (broad SMARTS) is 1. The number of ether oxygens (including phenoxy) is 1. The summed E-state index contributed by atoms with van der Waals surface area (Å²) in [6.07, 6.45) is 2.41. The first-order valence-corrected chi connectivity index (χ1v) is 12.3. The smallest absolute Gasteiger partial charge is 0.407 e. The molecule has 0 aliphatic heterocycles. The lowest BCUT2D eigenvalue weighted by atomic mass is 9.95. The van der Waals surface area contributed by atoms with E-state index in [0.29, 0.717) is 13.0 Å². The second kappa shape index (κ2) is 10.1. The zero-order chi connectivity index (χ0) is 24.4. The van der Waals surface area contributed by atoms with E-state index in [1.165, 1.54) is 11.1 Å². The number of hydroxylamine groups is 1. The van der Waals surface area contributed by atoms with Gasteiger partial charge in [0.05, 0.1) is 0 Å². The lowest BCUT2D eigenvalue weighted by molar-refractivity contribution is -0.164. The number of carbonyl (C=O) groups is 3. The molecule has 3 N–H and O–H groups in total. The Labute approximate surface area is 204 Å². The van der Waals surface area contributed by atoms with E-state index in [-0.39, 0.29) is 36.2 Å². The van der Waals surface area contributed by atoms with Crippen LogP contribution in [0.25, 0.3) is 11.1 Å². The molecular formula is C27H30N2O6. The first-order chi connectivity index (χ1) is 17.0. The highest BCUT2D eigenvalue weighted by atomic mass is 16.7. The van der Waals surface area contributed by atoms with Gasteiger partial charge < -0.3 is 15.2 Å². The van der Waals surface area contributed by atoms with Crippen LogP contribution in [0.15, 0.2) is 48.5 Å². The van der Waals surface area contributed by atoms with Crippen LogP contribution in [-0.2, 0) is 19.2 Å². The van der Waals surface area contributed by atoms with Crippen LogP contribution in [0.4, 0.5) is 4.79 Å². The van der Waals surface area contributed by atoms with E-state index in [1.807, 2.05) is 24.3 Å². The minimum absolute atomic E-state index is 0.0102. The molecule has 3 aliphatic carbocycles. The number of nitrogens with one attached hydrogen (secondary N) is 2. The molecule has 2 amide bonds. The summed E-state index contributed by atoms with van der Waals surface area (Å²) < 4.78 is 5.59. The molecule has 2 aromatic rings. The maximum atomic E-state index is 12.6. The molecule has 0 radical (unpaired) electrons. The summed E-state index contributed by atoms with van der Waals surface area (Å²) in [6.45, 7) is 0.555. The molecule has 3 atom stereocenters. The van der Waals surface area contributed by atoms with Gasteiger partial charge in [-0.1, -0.05) is 55.0 Å².